The molecule has 4 amide bonds. The van der Waals surface area contributed by atoms with E-state index in [-0.39, 0.29) is 47.8 Å². The van der Waals surface area contributed by atoms with Crippen LogP contribution in [0.3, 0.4) is 0 Å². The number of amides is 4. The fourth-order valence-electron chi connectivity index (χ4n) is 7.37. The molecule has 52 heavy (non-hydrogen) atoms. The number of anilines is 5. The number of nitrogens with zero attached hydrogens (tertiary/aromatic N) is 2. The van der Waals surface area contributed by atoms with E-state index in [1.807, 2.05) is 96.4 Å². The van der Waals surface area contributed by atoms with Crippen molar-refractivity contribution in [3.05, 3.63) is 114 Å². The topological polar surface area (TPSA) is 123 Å². The van der Waals surface area contributed by atoms with Crippen molar-refractivity contribution in [2.75, 3.05) is 25.8 Å². The maximum absolute atomic E-state index is 13.1. The van der Waals surface area contributed by atoms with Gasteiger partial charge in [-0.25, -0.2) is 0 Å². The first-order chi connectivity index (χ1) is 25.1. The summed E-state index contributed by atoms with van der Waals surface area (Å²) in [5, 5.41) is 12.9. The zero-order chi connectivity index (χ0) is 36.9. The van der Waals surface area contributed by atoms with Crippen LogP contribution in [-0.2, 0) is 14.4 Å². The molecule has 0 unspecified atom stereocenters. The fourth-order valence-corrected chi connectivity index (χ4v) is 7.37. The van der Waals surface area contributed by atoms with Gasteiger partial charge in [0.25, 0.3) is 5.91 Å². The van der Waals surface area contributed by atoms with Crippen molar-refractivity contribution in [3.63, 3.8) is 0 Å². The third-order valence-electron chi connectivity index (χ3n) is 10.0. The quantitative estimate of drug-likeness (QED) is 0.134. The minimum atomic E-state index is -0.772. The summed E-state index contributed by atoms with van der Waals surface area (Å²) in [5.41, 5.74) is 6.84. The van der Waals surface area contributed by atoms with Crippen molar-refractivity contribution in [2.45, 2.75) is 90.5 Å². The Morgan fingerprint density at radius 1 is 0.635 bits per heavy atom. The molecule has 4 aromatic carbocycles. The predicted octanol–water partition coefficient (Wildman–Crippen LogP) is 7.82. The monoisotopic (exact) mass is 700 g/mol. The lowest BCUT2D eigenvalue weighted by Crippen LogP contribution is -2.44. The summed E-state index contributed by atoms with van der Waals surface area (Å²) in [7, 11) is 0. The van der Waals surface area contributed by atoms with Crippen LogP contribution in [0.4, 0.5) is 28.4 Å². The van der Waals surface area contributed by atoms with E-state index in [1.165, 1.54) is 0 Å². The molecule has 2 heterocycles. The van der Waals surface area contributed by atoms with E-state index in [2.05, 4.69) is 47.2 Å². The van der Waals surface area contributed by atoms with Crippen molar-refractivity contribution >= 4 is 52.1 Å². The number of hydrogen-bond acceptors (Lipinski definition) is 6. The average molecular weight is 701 g/mol. The highest BCUT2D eigenvalue weighted by Gasteiger charge is 2.34. The molecule has 4 aromatic rings. The van der Waals surface area contributed by atoms with E-state index in [4.69, 9.17) is 0 Å². The van der Waals surface area contributed by atoms with Gasteiger partial charge in [-0.2, -0.15) is 0 Å². The lowest BCUT2D eigenvalue weighted by molar-refractivity contribution is -0.119. The Hall–Kier alpha value is -5.64. The van der Waals surface area contributed by atoms with Gasteiger partial charge >= 0.3 is 0 Å². The number of para-hydroxylation sites is 2. The number of rotatable bonds is 10. The Balaban J connectivity index is 1.03. The smallest absolute Gasteiger partial charge is 0.251 e. The van der Waals surface area contributed by atoms with E-state index in [0.29, 0.717) is 24.1 Å². The summed E-state index contributed by atoms with van der Waals surface area (Å²) in [6.07, 6.45) is 2.43. The second-order valence-electron chi connectivity index (χ2n) is 13.8. The Labute approximate surface area is 306 Å². The molecular formula is C42H48N6O4. The van der Waals surface area contributed by atoms with Gasteiger partial charge in [0.1, 0.15) is 6.04 Å². The SMILES string of the molecule is CCC(=O)N1c2ccccc2[C@H](Nc2ccc(NC(=O)[C@H](C)NC(=O)c3ccc(N[C@@H]4C[C@H](C)N(C(=O)CC)c5ccccc54)cc3)cc2)C[C@@H]1C. The second-order valence-corrected chi connectivity index (χ2v) is 13.8. The number of carbonyl (C=O) groups is 4. The molecule has 5 atom stereocenters. The highest BCUT2D eigenvalue weighted by atomic mass is 16.2. The van der Waals surface area contributed by atoms with Gasteiger partial charge in [0, 0.05) is 58.9 Å². The van der Waals surface area contributed by atoms with Crippen LogP contribution < -0.4 is 31.1 Å². The van der Waals surface area contributed by atoms with Crippen LogP contribution in [-0.4, -0.2) is 41.8 Å². The van der Waals surface area contributed by atoms with E-state index in [0.717, 1.165) is 46.7 Å². The van der Waals surface area contributed by atoms with Gasteiger partial charge < -0.3 is 31.1 Å². The molecule has 4 N–H and O–H groups in total. The zero-order valence-electron chi connectivity index (χ0n) is 30.5. The summed E-state index contributed by atoms with van der Waals surface area (Å²) < 4.78 is 0. The maximum Gasteiger partial charge on any atom is 0.251 e. The first-order valence-electron chi connectivity index (χ1n) is 18.2. The van der Waals surface area contributed by atoms with Crippen molar-refractivity contribution in [2.24, 2.45) is 0 Å². The lowest BCUT2D eigenvalue weighted by Gasteiger charge is -2.40. The molecular weight excluding hydrogens is 652 g/mol. The zero-order valence-corrected chi connectivity index (χ0v) is 30.5. The summed E-state index contributed by atoms with van der Waals surface area (Å²) >= 11 is 0. The molecule has 10 nitrogen and oxygen atoms in total. The molecule has 0 saturated carbocycles. The lowest BCUT2D eigenvalue weighted by atomic mass is 9.91. The van der Waals surface area contributed by atoms with Crippen molar-refractivity contribution in [1.82, 2.24) is 5.32 Å². The van der Waals surface area contributed by atoms with Crippen molar-refractivity contribution in [1.29, 1.82) is 0 Å². The van der Waals surface area contributed by atoms with E-state index >= 15 is 0 Å². The second kappa shape index (κ2) is 15.7. The maximum atomic E-state index is 13.1. The highest BCUT2D eigenvalue weighted by Crippen LogP contribution is 2.40. The summed E-state index contributed by atoms with van der Waals surface area (Å²) in [5.74, 6) is -0.451. The molecule has 2 aliphatic rings. The molecule has 0 saturated heterocycles. The largest absolute Gasteiger partial charge is 0.378 e. The van der Waals surface area contributed by atoms with E-state index in [9.17, 15) is 19.2 Å². The van der Waals surface area contributed by atoms with E-state index < -0.39 is 6.04 Å². The van der Waals surface area contributed by atoms with Crippen LogP contribution >= 0.6 is 0 Å². The molecule has 0 aromatic heterocycles. The van der Waals surface area contributed by atoms with Crippen LogP contribution in [0.15, 0.2) is 97.1 Å². The number of fused-ring (bicyclic) bond motifs is 2. The van der Waals surface area contributed by atoms with Crippen LogP contribution in [0.2, 0.25) is 0 Å². The number of hydrogen-bond donors (Lipinski definition) is 4. The van der Waals surface area contributed by atoms with Gasteiger partial charge in [-0.15, -0.1) is 0 Å². The van der Waals surface area contributed by atoms with Gasteiger partial charge in [0.05, 0.1) is 12.1 Å². The minimum Gasteiger partial charge on any atom is -0.378 e. The summed E-state index contributed by atoms with van der Waals surface area (Å²) in [6.45, 7) is 9.57. The van der Waals surface area contributed by atoms with Crippen LogP contribution in [0.5, 0.6) is 0 Å². The van der Waals surface area contributed by atoms with Crippen molar-refractivity contribution in [3.8, 4) is 0 Å². The average Bonchev–Trinajstić information content (AvgIpc) is 3.15. The highest BCUT2D eigenvalue weighted by molar-refractivity contribution is 6.01. The normalized spacial score (nSPS) is 19.8. The Morgan fingerprint density at radius 2 is 1.06 bits per heavy atom. The fraction of sp³-hybridized carbons (Fsp3) is 0.333. The molecule has 0 bridgehead atoms. The van der Waals surface area contributed by atoms with Crippen LogP contribution in [0.1, 0.15) is 93.9 Å². The van der Waals surface area contributed by atoms with E-state index in [1.54, 1.807) is 19.1 Å². The Bertz CT molecular complexity index is 1930. The third-order valence-corrected chi connectivity index (χ3v) is 10.0. The first-order valence-corrected chi connectivity index (χ1v) is 18.2. The standard InChI is InChI=1S/C42H48N6O4/c1-6-39(49)47-26(3)24-35(33-12-8-10-14-37(33)47)44-30-18-16-29(17-19-30)42(52)43-28(5)41(51)46-32-22-20-31(21-23-32)45-36-25-27(4)48(40(50)7-2)38-15-11-9-13-34(36)38/h8-23,26-28,35-36,44-45H,6-7,24-25H2,1-5H3,(H,43,52)(H,46,51)/t26-,27-,28-,35+,36+/m0/s1. The molecule has 0 fully saturated rings. The van der Waals surface area contributed by atoms with Gasteiger partial charge in [-0.1, -0.05) is 50.2 Å². The molecule has 0 spiro atoms. The predicted molar refractivity (Wildman–Crippen MR) is 208 cm³/mol. The summed E-state index contributed by atoms with van der Waals surface area (Å²) in [4.78, 5) is 55.3. The molecule has 6 rings (SSSR count). The van der Waals surface area contributed by atoms with Gasteiger partial charge in [-0.05, 0) is 105 Å². The van der Waals surface area contributed by atoms with Crippen molar-refractivity contribution < 1.29 is 19.2 Å². The van der Waals surface area contributed by atoms with Crippen LogP contribution in [0, 0.1) is 0 Å². The third kappa shape index (κ3) is 7.66. The molecule has 10 heteroatoms. The van der Waals surface area contributed by atoms with Gasteiger partial charge in [-0.3, -0.25) is 19.2 Å². The number of carbonyl (C=O) groups excluding carboxylic acids is 4. The van der Waals surface area contributed by atoms with Gasteiger partial charge in [0.2, 0.25) is 17.7 Å². The first kappa shape index (κ1) is 36.2. The van der Waals surface area contributed by atoms with Crippen LogP contribution in [0.25, 0.3) is 0 Å². The number of nitrogens with one attached hydrogen (secondary N) is 4. The number of benzene rings is 4. The Morgan fingerprint density at radius 3 is 1.52 bits per heavy atom. The summed E-state index contributed by atoms with van der Waals surface area (Å²) in [6, 6.07) is 30.1. The molecule has 0 radical (unpaired) electrons. The minimum absolute atomic E-state index is 0.0106. The molecule has 0 aliphatic carbocycles. The molecule has 2 aliphatic heterocycles. The molecule has 270 valence electrons. The Kier molecular flexibility index (Phi) is 10.9. The van der Waals surface area contributed by atoms with Gasteiger partial charge in [0.15, 0.2) is 0 Å².